The van der Waals surface area contributed by atoms with E-state index in [9.17, 15) is 14.4 Å². The molecule has 0 fully saturated rings. The largest absolute Gasteiger partial charge is 0.452 e. The minimum Gasteiger partial charge on any atom is -0.452 e. The van der Waals surface area contributed by atoms with Gasteiger partial charge in [-0.1, -0.05) is 11.6 Å². The Morgan fingerprint density at radius 2 is 1.86 bits per heavy atom. The van der Waals surface area contributed by atoms with Gasteiger partial charge in [-0.05, 0) is 45.0 Å². The van der Waals surface area contributed by atoms with E-state index in [-0.39, 0.29) is 18.9 Å². The highest BCUT2D eigenvalue weighted by Crippen LogP contribution is 2.18. The zero-order chi connectivity index (χ0) is 20.8. The number of nitrogens with zero attached hydrogens (tertiary/aromatic N) is 2. The van der Waals surface area contributed by atoms with Crippen molar-refractivity contribution in [3.8, 4) is 0 Å². The van der Waals surface area contributed by atoms with Gasteiger partial charge >= 0.3 is 5.97 Å². The minimum absolute atomic E-state index is 0.0537. The number of carbonyl (C=O) groups is 3. The number of halogens is 1. The number of benzene rings is 1. The fraction of sp³-hybridized carbons (Fsp3) is 0.368. The Bertz CT molecular complexity index is 877. The van der Waals surface area contributed by atoms with Crippen molar-refractivity contribution in [2.45, 2.75) is 33.3 Å². The Morgan fingerprint density at radius 1 is 1.21 bits per heavy atom. The van der Waals surface area contributed by atoms with Crippen LogP contribution in [0.5, 0.6) is 0 Å². The molecule has 2 amide bonds. The number of hydrogen-bond acceptors (Lipinski definition) is 5. The predicted molar refractivity (Wildman–Crippen MR) is 105 cm³/mol. The maximum absolute atomic E-state index is 12.3. The van der Waals surface area contributed by atoms with Gasteiger partial charge < -0.3 is 15.4 Å². The third-order valence-electron chi connectivity index (χ3n) is 4.16. The number of anilines is 1. The molecular weight excluding hydrogens is 384 g/mol. The molecule has 1 aromatic carbocycles. The van der Waals surface area contributed by atoms with Crippen LogP contribution in [0.15, 0.2) is 24.3 Å². The van der Waals surface area contributed by atoms with Gasteiger partial charge in [0, 0.05) is 24.2 Å². The van der Waals surface area contributed by atoms with Crippen LogP contribution < -0.4 is 10.6 Å². The summed E-state index contributed by atoms with van der Waals surface area (Å²) in [5.74, 6) is -1.35. The molecule has 1 aromatic heterocycles. The van der Waals surface area contributed by atoms with E-state index in [4.69, 9.17) is 16.3 Å². The second-order valence-corrected chi connectivity index (χ2v) is 6.74. The van der Waals surface area contributed by atoms with E-state index in [0.717, 1.165) is 5.69 Å². The first-order valence-corrected chi connectivity index (χ1v) is 9.11. The Balaban J connectivity index is 1.78. The molecule has 0 spiro atoms. The Hall–Kier alpha value is -2.87. The summed E-state index contributed by atoms with van der Waals surface area (Å²) in [5, 5.41) is 10.1. The average Bonchev–Trinajstić information content (AvgIpc) is 2.88. The van der Waals surface area contributed by atoms with Crippen LogP contribution in [0, 0.1) is 13.8 Å². The third kappa shape index (κ3) is 5.56. The molecule has 1 atom stereocenters. The molecule has 2 rings (SSSR count). The van der Waals surface area contributed by atoms with Crippen molar-refractivity contribution in [2.24, 2.45) is 7.05 Å². The predicted octanol–water partition coefficient (Wildman–Crippen LogP) is 2.38. The summed E-state index contributed by atoms with van der Waals surface area (Å²) in [6, 6.07) is 6.39. The van der Waals surface area contributed by atoms with E-state index in [1.807, 2.05) is 6.92 Å². The Morgan fingerprint density at radius 3 is 2.43 bits per heavy atom. The van der Waals surface area contributed by atoms with E-state index in [1.165, 1.54) is 6.92 Å². The van der Waals surface area contributed by atoms with Gasteiger partial charge in [-0.3, -0.25) is 19.1 Å². The number of esters is 1. The molecule has 0 unspecified atom stereocenters. The van der Waals surface area contributed by atoms with Crippen LogP contribution in [0.1, 0.15) is 35.1 Å². The Labute approximate surface area is 168 Å². The molecule has 0 saturated heterocycles. The highest BCUT2D eigenvalue weighted by Gasteiger charge is 2.20. The number of rotatable bonds is 7. The van der Waals surface area contributed by atoms with Crippen molar-refractivity contribution in [2.75, 3.05) is 11.9 Å². The molecule has 0 bridgehead atoms. The average molecular weight is 407 g/mol. The smallest absolute Gasteiger partial charge is 0.308 e. The molecule has 0 aliphatic rings. The van der Waals surface area contributed by atoms with Crippen LogP contribution in [0.3, 0.4) is 0 Å². The summed E-state index contributed by atoms with van der Waals surface area (Å²) in [6.45, 7) is 5.19. The number of ether oxygens (including phenoxy) is 1. The molecule has 28 heavy (non-hydrogen) atoms. The summed E-state index contributed by atoms with van der Waals surface area (Å²) in [5.41, 5.74) is 2.52. The molecule has 1 heterocycles. The molecule has 2 N–H and O–H groups in total. The van der Waals surface area contributed by atoms with Gasteiger partial charge in [-0.15, -0.1) is 0 Å². The number of aryl methyl sites for hydroxylation is 2. The Kier molecular flexibility index (Phi) is 7.17. The van der Waals surface area contributed by atoms with Crippen LogP contribution >= 0.6 is 11.6 Å². The molecular formula is C19H23ClN4O4. The number of aromatic nitrogens is 2. The standard InChI is InChI=1S/C19H23ClN4O4/c1-11-17(12(2)24(4)23-11)22-18(26)13(3)28-16(25)9-10-21-19(27)14-5-7-15(20)8-6-14/h5-8,13H,9-10H2,1-4H3,(H,21,27)(H,22,26)/t13-/m1/s1. The molecule has 2 aromatic rings. The fourth-order valence-corrected chi connectivity index (χ4v) is 2.60. The number of carbonyl (C=O) groups excluding carboxylic acids is 3. The second-order valence-electron chi connectivity index (χ2n) is 6.30. The fourth-order valence-electron chi connectivity index (χ4n) is 2.47. The van der Waals surface area contributed by atoms with E-state index in [1.54, 1.807) is 42.9 Å². The van der Waals surface area contributed by atoms with E-state index in [2.05, 4.69) is 15.7 Å². The van der Waals surface area contributed by atoms with Crippen molar-refractivity contribution in [1.29, 1.82) is 0 Å². The van der Waals surface area contributed by atoms with E-state index >= 15 is 0 Å². The van der Waals surface area contributed by atoms with Crippen LogP contribution in [0.2, 0.25) is 5.02 Å². The van der Waals surface area contributed by atoms with Crippen LogP contribution in [0.4, 0.5) is 5.69 Å². The summed E-state index contributed by atoms with van der Waals surface area (Å²) in [7, 11) is 1.78. The molecule has 150 valence electrons. The molecule has 0 radical (unpaired) electrons. The van der Waals surface area contributed by atoms with Crippen LogP contribution in [-0.4, -0.2) is 40.2 Å². The zero-order valence-electron chi connectivity index (χ0n) is 16.2. The van der Waals surface area contributed by atoms with E-state index in [0.29, 0.717) is 22.0 Å². The monoisotopic (exact) mass is 406 g/mol. The van der Waals surface area contributed by atoms with Crippen LogP contribution in [0.25, 0.3) is 0 Å². The van der Waals surface area contributed by atoms with Gasteiger partial charge in [0.2, 0.25) is 0 Å². The van der Waals surface area contributed by atoms with E-state index < -0.39 is 18.0 Å². The van der Waals surface area contributed by atoms with Crippen molar-refractivity contribution < 1.29 is 19.1 Å². The van der Waals surface area contributed by atoms with Crippen molar-refractivity contribution in [1.82, 2.24) is 15.1 Å². The molecule has 0 saturated carbocycles. The molecule has 0 aliphatic carbocycles. The molecule has 9 heteroatoms. The number of amides is 2. The van der Waals surface area contributed by atoms with Gasteiger partial charge in [0.05, 0.1) is 23.5 Å². The molecule has 8 nitrogen and oxygen atoms in total. The lowest BCUT2D eigenvalue weighted by molar-refractivity contribution is -0.153. The second kappa shape index (κ2) is 9.36. The van der Waals surface area contributed by atoms with Gasteiger partial charge in [-0.25, -0.2) is 0 Å². The highest BCUT2D eigenvalue weighted by molar-refractivity contribution is 6.30. The summed E-state index contributed by atoms with van der Waals surface area (Å²) >= 11 is 5.78. The highest BCUT2D eigenvalue weighted by atomic mass is 35.5. The normalized spacial score (nSPS) is 11.6. The van der Waals surface area contributed by atoms with Gasteiger partial charge in [-0.2, -0.15) is 5.10 Å². The van der Waals surface area contributed by atoms with Crippen molar-refractivity contribution in [3.05, 3.63) is 46.2 Å². The first-order valence-electron chi connectivity index (χ1n) is 8.73. The quantitative estimate of drug-likeness (QED) is 0.687. The number of nitrogens with one attached hydrogen (secondary N) is 2. The maximum atomic E-state index is 12.3. The summed E-state index contributed by atoms with van der Waals surface area (Å²) < 4.78 is 6.78. The van der Waals surface area contributed by atoms with Gasteiger partial charge in [0.15, 0.2) is 6.10 Å². The lowest BCUT2D eigenvalue weighted by Crippen LogP contribution is -2.32. The zero-order valence-corrected chi connectivity index (χ0v) is 17.0. The SMILES string of the molecule is Cc1nn(C)c(C)c1NC(=O)[C@@H](C)OC(=O)CCNC(=O)c1ccc(Cl)cc1. The lowest BCUT2D eigenvalue weighted by atomic mass is 10.2. The van der Waals surface area contributed by atoms with Crippen LogP contribution in [-0.2, 0) is 21.4 Å². The first kappa shape index (κ1) is 21.4. The minimum atomic E-state index is -0.974. The first-order chi connectivity index (χ1) is 13.2. The number of hydrogen-bond donors (Lipinski definition) is 2. The summed E-state index contributed by atoms with van der Waals surface area (Å²) in [6.07, 6.45) is -1.03. The topological polar surface area (TPSA) is 102 Å². The van der Waals surface area contributed by atoms with Crippen molar-refractivity contribution in [3.63, 3.8) is 0 Å². The lowest BCUT2D eigenvalue weighted by Gasteiger charge is -2.14. The van der Waals surface area contributed by atoms with Crippen molar-refractivity contribution >= 4 is 35.1 Å². The third-order valence-corrected chi connectivity index (χ3v) is 4.41. The summed E-state index contributed by atoms with van der Waals surface area (Å²) in [4.78, 5) is 36.1. The maximum Gasteiger partial charge on any atom is 0.308 e. The van der Waals surface area contributed by atoms with Gasteiger partial charge in [0.1, 0.15) is 0 Å². The van der Waals surface area contributed by atoms with Gasteiger partial charge in [0.25, 0.3) is 11.8 Å². The molecule has 0 aliphatic heterocycles.